The van der Waals surface area contributed by atoms with Crippen molar-refractivity contribution < 1.29 is 4.79 Å². The van der Waals surface area contributed by atoms with E-state index < -0.39 is 0 Å². The number of halogens is 2. The number of amides is 1. The molecular formula is C16H14Cl2N2O. The second-order valence-electron chi connectivity index (χ2n) is 5.05. The molecule has 1 heterocycles. The number of carbonyl (C=O) groups is 1. The van der Waals surface area contributed by atoms with Crippen molar-refractivity contribution in [3.05, 3.63) is 57.6 Å². The molecule has 21 heavy (non-hydrogen) atoms. The fourth-order valence-electron chi connectivity index (χ4n) is 2.41. The molecule has 0 aliphatic carbocycles. The molecule has 0 fully saturated rings. The minimum absolute atomic E-state index is 0.0804. The molecule has 1 aliphatic rings. The molecule has 0 saturated carbocycles. The van der Waals surface area contributed by atoms with Gasteiger partial charge in [-0.15, -0.1) is 0 Å². The van der Waals surface area contributed by atoms with Crippen molar-refractivity contribution in [2.75, 3.05) is 10.6 Å². The number of rotatable bonds is 3. The topological polar surface area (TPSA) is 41.1 Å². The van der Waals surface area contributed by atoms with Crippen molar-refractivity contribution in [3.63, 3.8) is 0 Å². The maximum absolute atomic E-state index is 11.3. The SMILES string of the molecule is O=C1CCc2cc(NCc3cc(Cl)cc(Cl)c3)ccc2N1. The number of anilines is 2. The lowest BCUT2D eigenvalue weighted by atomic mass is 10.0. The summed E-state index contributed by atoms with van der Waals surface area (Å²) in [7, 11) is 0. The Labute approximate surface area is 133 Å². The van der Waals surface area contributed by atoms with Gasteiger partial charge >= 0.3 is 0 Å². The molecule has 2 N–H and O–H groups in total. The van der Waals surface area contributed by atoms with Crippen LogP contribution in [0.25, 0.3) is 0 Å². The molecule has 3 nitrogen and oxygen atoms in total. The zero-order valence-corrected chi connectivity index (χ0v) is 12.8. The van der Waals surface area contributed by atoms with Gasteiger partial charge in [0.25, 0.3) is 0 Å². The van der Waals surface area contributed by atoms with Gasteiger partial charge in [-0.1, -0.05) is 23.2 Å². The second kappa shape index (κ2) is 5.96. The van der Waals surface area contributed by atoms with Gasteiger partial charge in [0.1, 0.15) is 0 Å². The first kappa shape index (κ1) is 14.2. The lowest BCUT2D eigenvalue weighted by molar-refractivity contribution is -0.116. The molecule has 0 radical (unpaired) electrons. The van der Waals surface area contributed by atoms with E-state index >= 15 is 0 Å². The molecule has 0 atom stereocenters. The number of hydrogen-bond acceptors (Lipinski definition) is 2. The summed E-state index contributed by atoms with van der Waals surface area (Å²) < 4.78 is 0. The fourth-order valence-corrected chi connectivity index (χ4v) is 2.98. The largest absolute Gasteiger partial charge is 0.381 e. The van der Waals surface area contributed by atoms with Crippen molar-refractivity contribution >= 4 is 40.5 Å². The number of hydrogen-bond donors (Lipinski definition) is 2. The average Bonchev–Trinajstić information content (AvgIpc) is 2.44. The molecule has 5 heteroatoms. The van der Waals surface area contributed by atoms with E-state index in [1.165, 1.54) is 0 Å². The fraction of sp³-hybridized carbons (Fsp3) is 0.188. The summed E-state index contributed by atoms with van der Waals surface area (Å²) in [6.07, 6.45) is 1.32. The highest BCUT2D eigenvalue weighted by molar-refractivity contribution is 6.34. The predicted molar refractivity (Wildman–Crippen MR) is 87.2 cm³/mol. The molecule has 108 valence electrons. The van der Waals surface area contributed by atoms with E-state index in [9.17, 15) is 4.79 Å². The second-order valence-corrected chi connectivity index (χ2v) is 5.92. The Morgan fingerprint density at radius 1 is 1.05 bits per heavy atom. The number of benzene rings is 2. The summed E-state index contributed by atoms with van der Waals surface area (Å²) in [5.74, 6) is 0.0804. The summed E-state index contributed by atoms with van der Waals surface area (Å²) in [6, 6.07) is 11.4. The molecule has 2 aromatic carbocycles. The Morgan fingerprint density at radius 3 is 2.57 bits per heavy atom. The van der Waals surface area contributed by atoms with Crippen molar-refractivity contribution in [2.45, 2.75) is 19.4 Å². The number of fused-ring (bicyclic) bond motifs is 1. The first-order valence-electron chi connectivity index (χ1n) is 6.72. The minimum Gasteiger partial charge on any atom is -0.381 e. The van der Waals surface area contributed by atoms with Crippen LogP contribution in [0.1, 0.15) is 17.5 Å². The van der Waals surface area contributed by atoms with Gasteiger partial charge < -0.3 is 10.6 Å². The molecule has 0 spiro atoms. The van der Waals surface area contributed by atoms with Gasteiger partial charge in [0.2, 0.25) is 5.91 Å². The van der Waals surface area contributed by atoms with Crippen LogP contribution in [0.15, 0.2) is 36.4 Å². The standard InChI is InChI=1S/C16H14Cl2N2O/c17-12-5-10(6-13(18)8-12)9-19-14-2-3-15-11(7-14)1-4-16(21)20-15/h2-3,5-8,19H,1,4,9H2,(H,20,21). The molecule has 0 unspecified atom stereocenters. The highest BCUT2D eigenvalue weighted by Gasteiger charge is 2.14. The van der Waals surface area contributed by atoms with E-state index in [0.717, 1.165) is 28.9 Å². The summed E-state index contributed by atoms with van der Waals surface area (Å²) >= 11 is 12.0. The third-order valence-electron chi connectivity index (χ3n) is 3.42. The quantitative estimate of drug-likeness (QED) is 0.874. The number of carbonyl (C=O) groups excluding carboxylic acids is 1. The third kappa shape index (κ3) is 3.49. The van der Waals surface area contributed by atoms with Gasteiger partial charge in [0.15, 0.2) is 0 Å². The van der Waals surface area contributed by atoms with E-state index in [4.69, 9.17) is 23.2 Å². The predicted octanol–water partition coefficient (Wildman–Crippen LogP) is 4.49. The molecular weight excluding hydrogens is 307 g/mol. The van der Waals surface area contributed by atoms with E-state index in [1.54, 1.807) is 6.07 Å². The number of nitrogens with one attached hydrogen (secondary N) is 2. The van der Waals surface area contributed by atoms with E-state index in [1.807, 2.05) is 24.3 Å². The first-order valence-corrected chi connectivity index (χ1v) is 7.47. The highest BCUT2D eigenvalue weighted by Crippen LogP contribution is 2.26. The summed E-state index contributed by atoms with van der Waals surface area (Å²) in [5.41, 5.74) is 4.10. The first-order chi connectivity index (χ1) is 10.1. The lowest BCUT2D eigenvalue weighted by Gasteiger charge is -2.18. The van der Waals surface area contributed by atoms with Crippen LogP contribution in [-0.2, 0) is 17.8 Å². The van der Waals surface area contributed by atoms with Crippen LogP contribution in [0.4, 0.5) is 11.4 Å². The zero-order valence-electron chi connectivity index (χ0n) is 11.2. The van der Waals surface area contributed by atoms with Crippen LogP contribution < -0.4 is 10.6 Å². The maximum atomic E-state index is 11.3. The van der Waals surface area contributed by atoms with Crippen molar-refractivity contribution in [1.29, 1.82) is 0 Å². The van der Waals surface area contributed by atoms with Gasteiger partial charge in [-0.2, -0.15) is 0 Å². The monoisotopic (exact) mass is 320 g/mol. The van der Waals surface area contributed by atoms with Crippen LogP contribution in [0.3, 0.4) is 0 Å². The molecule has 2 aromatic rings. The Balaban J connectivity index is 1.72. The van der Waals surface area contributed by atoms with Gasteiger partial charge in [0, 0.05) is 34.4 Å². The number of aryl methyl sites for hydroxylation is 1. The van der Waals surface area contributed by atoms with Gasteiger partial charge in [-0.05, 0) is 53.9 Å². The van der Waals surface area contributed by atoms with Crippen molar-refractivity contribution in [1.82, 2.24) is 0 Å². The van der Waals surface area contributed by atoms with E-state index in [-0.39, 0.29) is 5.91 Å². The minimum atomic E-state index is 0.0804. The Morgan fingerprint density at radius 2 is 1.81 bits per heavy atom. The van der Waals surface area contributed by atoms with Crippen LogP contribution in [0.2, 0.25) is 10.0 Å². The normalized spacial score (nSPS) is 13.5. The van der Waals surface area contributed by atoms with Gasteiger partial charge in [-0.3, -0.25) is 4.79 Å². The Kier molecular flexibility index (Phi) is 4.04. The molecule has 1 aliphatic heterocycles. The van der Waals surface area contributed by atoms with Crippen LogP contribution in [0, 0.1) is 0 Å². The zero-order chi connectivity index (χ0) is 14.8. The summed E-state index contributed by atoms with van der Waals surface area (Å²) in [6.45, 7) is 0.644. The lowest BCUT2D eigenvalue weighted by Crippen LogP contribution is -2.18. The third-order valence-corrected chi connectivity index (χ3v) is 3.86. The maximum Gasteiger partial charge on any atom is 0.224 e. The van der Waals surface area contributed by atoms with Gasteiger partial charge in [0.05, 0.1) is 0 Å². The molecule has 0 saturated heterocycles. The van der Waals surface area contributed by atoms with Crippen molar-refractivity contribution in [2.24, 2.45) is 0 Å². The van der Waals surface area contributed by atoms with E-state index in [2.05, 4.69) is 16.7 Å². The smallest absolute Gasteiger partial charge is 0.224 e. The average molecular weight is 321 g/mol. The highest BCUT2D eigenvalue weighted by atomic mass is 35.5. The molecule has 0 bridgehead atoms. The van der Waals surface area contributed by atoms with Crippen LogP contribution in [0.5, 0.6) is 0 Å². The molecule has 0 aromatic heterocycles. The summed E-state index contributed by atoms with van der Waals surface area (Å²) in [4.78, 5) is 11.3. The summed E-state index contributed by atoms with van der Waals surface area (Å²) in [5, 5.41) is 7.48. The van der Waals surface area contributed by atoms with Crippen molar-refractivity contribution in [3.8, 4) is 0 Å². The molecule has 1 amide bonds. The van der Waals surface area contributed by atoms with Crippen LogP contribution >= 0.6 is 23.2 Å². The molecule has 3 rings (SSSR count). The Bertz CT molecular complexity index is 680. The van der Waals surface area contributed by atoms with Gasteiger partial charge in [-0.25, -0.2) is 0 Å². The van der Waals surface area contributed by atoms with E-state index in [0.29, 0.717) is 23.0 Å². The Hall–Kier alpha value is -1.71. The van der Waals surface area contributed by atoms with Crippen LogP contribution in [-0.4, -0.2) is 5.91 Å².